The lowest BCUT2D eigenvalue weighted by molar-refractivity contribution is 0.438. The maximum Gasteiger partial charge on any atom is 0.115 e. The van der Waals surface area contributed by atoms with Crippen LogP contribution in [0.25, 0.3) is 5.57 Å². The van der Waals surface area contributed by atoms with Gasteiger partial charge in [-0.3, -0.25) is 4.90 Å². The Morgan fingerprint density at radius 2 is 1.92 bits per heavy atom. The van der Waals surface area contributed by atoms with Crippen molar-refractivity contribution in [2.24, 2.45) is 0 Å². The molecule has 0 fully saturated rings. The molecule has 13 heavy (non-hydrogen) atoms. The van der Waals surface area contributed by atoms with Gasteiger partial charge < -0.3 is 5.11 Å². The van der Waals surface area contributed by atoms with Gasteiger partial charge in [-0.25, -0.2) is 0 Å². The molecule has 1 heterocycles. The van der Waals surface area contributed by atoms with E-state index in [0.717, 1.165) is 13.1 Å². The van der Waals surface area contributed by atoms with Crippen LogP contribution in [0.2, 0.25) is 0 Å². The van der Waals surface area contributed by atoms with Gasteiger partial charge in [-0.05, 0) is 30.3 Å². The van der Waals surface area contributed by atoms with Crippen molar-refractivity contribution in [1.82, 2.24) is 4.90 Å². The van der Waals surface area contributed by atoms with Crippen molar-refractivity contribution < 1.29 is 5.11 Å². The normalized spacial score (nSPS) is 17.5. The first kappa shape index (κ1) is 8.32. The molecule has 0 bridgehead atoms. The van der Waals surface area contributed by atoms with Gasteiger partial charge >= 0.3 is 0 Å². The minimum atomic E-state index is 0.329. The van der Waals surface area contributed by atoms with Gasteiger partial charge in [-0.2, -0.15) is 0 Å². The zero-order valence-corrected chi connectivity index (χ0v) is 7.70. The lowest BCUT2D eigenvalue weighted by Gasteiger charge is -2.07. The standard InChI is InChI=1S/C11H13NO/c1-12-7-6-10(8-12)9-2-4-11(13)5-3-9/h2-6,13H,7-8H2,1H3. The molecular formula is C11H13NO. The summed E-state index contributed by atoms with van der Waals surface area (Å²) in [6.45, 7) is 2.03. The fourth-order valence-electron chi connectivity index (χ4n) is 1.57. The maximum atomic E-state index is 9.12. The fraction of sp³-hybridized carbons (Fsp3) is 0.273. The fourth-order valence-corrected chi connectivity index (χ4v) is 1.57. The van der Waals surface area contributed by atoms with Crippen LogP contribution in [0.4, 0.5) is 0 Å². The number of aromatic hydroxyl groups is 1. The Balaban J connectivity index is 2.22. The second kappa shape index (κ2) is 3.23. The molecule has 1 N–H and O–H groups in total. The Morgan fingerprint density at radius 1 is 1.23 bits per heavy atom. The molecule has 1 aromatic rings. The van der Waals surface area contributed by atoms with Crippen LogP contribution in [0.15, 0.2) is 30.3 Å². The van der Waals surface area contributed by atoms with Crippen molar-refractivity contribution in [3.8, 4) is 5.75 Å². The molecule has 0 aromatic heterocycles. The molecule has 0 saturated carbocycles. The highest BCUT2D eigenvalue weighted by atomic mass is 16.3. The monoisotopic (exact) mass is 175 g/mol. The summed E-state index contributed by atoms with van der Waals surface area (Å²) in [7, 11) is 2.10. The number of phenols is 1. The van der Waals surface area contributed by atoms with Crippen LogP contribution in [0.1, 0.15) is 5.56 Å². The molecule has 0 aliphatic carbocycles. The molecule has 2 nitrogen and oxygen atoms in total. The van der Waals surface area contributed by atoms with Gasteiger partial charge in [0.05, 0.1) is 0 Å². The first-order valence-electron chi connectivity index (χ1n) is 4.43. The molecule has 0 spiro atoms. The number of hydrogen-bond acceptors (Lipinski definition) is 2. The highest BCUT2D eigenvalue weighted by molar-refractivity contribution is 5.69. The predicted molar refractivity (Wildman–Crippen MR) is 53.6 cm³/mol. The quantitative estimate of drug-likeness (QED) is 0.702. The highest BCUT2D eigenvalue weighted by Crippen LogP contribution is 2.21. The Labute approximate surface area is 78.1 Å². The van der Waals surface area contributed by atoms with Gasteiger partial charge in [0.25, 0.3) is 0 Å². The van der Waals surface area contributed by atoms with E-state index < -0.39 is 0 Å². The van der Waals surface area contributed by atoms with E-state index in [1.54, 1.807) is 12.1 Å². The van der Waals surface area contributed by atoms with E-state index in [1.807, 2.05) is 12.1 Å². The lowest BCUT2D eigenvalue weighted by atomic mass is 10.1. The number of rotatable bonds is 1. The third-order valence-corrected chi connectivity index (χ3v) is 2.33. The molecule has 0 saturated heterocycles. The van der Waals surface area contributed by atoms with Gasteiger partial charge in [0.1, 0.15) is 5.75 Å². The second-order valence-corrected chi connectivity index (χ2v) is 3.47. The van der Waals surface area contributed by atoms with Gasteiger partial charge in [0.15, 0.2) is 0 Å². The van der Waals surface area contributed by atoms with Crippen molar-refractivity contribution in [2.75, 3.05) is 20.1 Å². The van der Waals surface area contributed by atoms with E-state index in [-0.39, 0.29) is 0 Å². The lowest BCUT2D eigenvalue weighted by Crippen LogP contribution is -2.13. The summed E-state index contributed by atoms with van der Waals surface area (Å²) < 4.78 is 0. The Morgan fingerprint density at radius 3 is 2.46 bits per heavy atom. The first-order valence-corrected chi connectivity index (χ1v) is 4.43. The van der Waals surface area contributed by atoms with Crippen LogP contribution in [0, 0.1) is 0 Å². The van der Waals surface area contributed by atoms with Crippen LogP contribution >= 0.6 is 0 Å². The molecular weight excluding hydrogens is 162 g/mol. The maximum absolute atomic E-state index is 9.12. The van der Waals surface area contributed by atoms with E-state index >= 15 is 0 Å². The molecule has 1 aromatic carbocycles. The number of phenolic OH excluding ortho intramolecular Hbond substituents is 1. The molecule has 1 aliphatic rings. The van der Waals surface area contributed by atoms with Crippen molar-refractivity contribution in [3.63, 3.8) is 0 Å². The molecule has 0 atom stereocenters. The number of benzene rings is 1. The van der Waals surface area contributed by atoms with E-state index in [4.69, 9.17) is 5.11 Å². The van der Waals surface area contributed by atoms with Gasteiger partial charge in [0.2, 0.25) is 0 Å². The number of hydrogen-bond donors (Lipinski definition) is 1. The van der Waals surface area contributed by atoms with E-state index in [0.29, 0.717) is 5.75 Å². The van der Waals surface area contributed by atoms with Crippen molar-refractivity contribution >= 4 is 5.57 Å². The number of nitrogens with zero attached hydrogens (tertiary/aromatic N) is 1. The first-order chi connectivity index (χ1) is 6.25. The average molecular weight is 175 g/mol. The second-order valence-electron chi connectivity index (χ2n) is 3.47. The zero-order chi connectivity index (χ0) is 9.26. The largest absolute Gasteiger partial charge is 0.508 e. The van der Waals surface area contributed by atoms with Crippen LogP contribution in [0.3, 0.4) is 0 Å². The van der Waals surface area contributed by atoms with Crippen molar-refractivity contribution in [3.05, 3.63) is 35.9 Å². The summed E-state index contributed by atoms with van der Waals surface area (Å²) in [5.41, 5.74) is 2.56. The summed E-state index contributed by atoms with van der Waals surface area (Å²) in [6, 6.07) is 7.38. The number of likely N-dealkylation sites (N-methyl/N-ethyl adjacent to an activating group) is 1. The van der Waals surface area contributed by atoms with Gasteiger partial charge in [0, 0.05) is 13.1 Å². The zero-order valence-electron chi connectivity index (χ0n) is 7.70. The average Bonchev–Trinajstić information content (AvgIpc) is 2.53. The van der Waals surface area contributed by atoms with E-state index in [9.17, 15) is 0 Å². The van der Waals surface area contributed by atoms with Crippen LogP contribution < -0.4 is 0 Å². The van der Waals surface area contributed by atoms with Crippen LogP contribution in [-0.4, -0.2) is 30.1 Å². The SMILES string of the molecule is CN1CC=C(c2ccc(O)cc2)C1. The summed E-state index contributed by atoms with van der Waals surface area (Å²) in [5.74, 6) is 0.329. The van der Waals surface area contributed by atoms with Gasteiger partial charge in [-0.15, -0.1) is 0 Å². The smallest absolute Gasteiger partial charge is 0.115 e. The molecule has 0 unspecified atom stereocenters. The van der Waals surface area contributed by atoms with E-state index in [2.05, 4.69) is 18.0 Å². The molecule has 68 valence electrons. The van der Waals surface area contributed by atoms with Crippen molar-refractivity contribution in [1.29, 1.82) is 0 Å². The van der Waals surface area contributed by atoms with Crippen LogP contribution in [-0.2, 0) is 0 Å². The summed E-state index contributed by atoms with van der Waals surface area (Å²) in [4.78, 5) is 2.25. The topological polar surface area (TPSA) is 23.5 Å². The van der Waals surface area contributed by atoms with Gasteiger partial charge in [-0.1, -0.05) is 18.2 Å². The van der Waals surface area contributed by atoms with Crippen molar-refractivity contribution in [2.45, 2.75) is 0 Å². The Kier molecular flexibility index (Phi) is 2.07. The predicted octanol–water partition coefficient (Wildman–Crippen LogP) is 1.72. The third-order valence-electron chi connectivity index (χ3n) is 2.33. The third kappa shape index (κ3) is 1.73. The molecule has 2 heteroatoms. The Bertz CT molecular complexity index is 326. The molecule has 0 amide bonds. The van der Waals surface area contributed by atoms with E-state index in [1.165, 1.54) is 11.1 Å². The minimum Gasteiger partial charge on any atom is -0.508 e. The Hall–Kier alpha value is -1.28. The minimum absolute atomic E-state index is 0.329. The summed E-state index contributed by atoms with van der Waals surface area (Å²) in [5, 5.41) is 9.12. The molecule has 0 radical (unpaired) electrons. The summed E-state index contributed by atoms with van der Waals surface area (Å²) >= 11 is 0. The van der Waals surface area contributed by atoms with Crippen LogP contribution in [0.5, 0.6) is 5.75 Å². The summed E-state index contributed by atoms with van der Waals surface area (Å²) in [6.07, 6.45) is 2.23. The molecule has 2 rings (SSSR count). The molecule has 1 aliphatic heterocycles. The highest BCUT2D eigenvalue weighted by Gasteiger charge is 2.10.